The highest BCUT2D eigenvalue weighted by Gasteiger charge is 2.37. The molecule has 0 saturated carbocycles. The van der Waals surface area contributed by atoms with Crippen molar-refractivity contribution >= 4 is 0 Å². The number of imidazole rings is 1. The van der Waals surface area contributed by atoms with Crippen LogP contribution < -0.4 is 4.74 Å². The molecular formula is C21H17F3N6O. The standard InChI is InChI=1S/C21H17F3N6O/c22-21(23,24)20-19(27-29-28-20)13-5-7-25-16(9-13)17-11-30(12-26-17)10-14-6-8-31-18-4-2-1-3-15(14)18/h1-5,7,9,11-12,14H,6,8,10H2,(H,27,28,29)/t14-/m0/s1. The fourth-order valence-electron chi connectivity index (χ4n) is 3.80. The van der Waals surface area contributed by atoms with Crippen LogP contribution in [-0.4, -0.2) is 36.6 Å². The molecule has 0 spiro atoms. The van der Waals surface area contributed by atoms with E-state index in [1.807, 2.05) is 34.1 Å². The summed E-state index contributed by atoms with van der Waals surface area (Å²) in [5, 5.41) is 8.84. The molecular weight excluding hydrogens is 409 g/mol. The van der Waals surface area contributed by atoms with E-state index in [2.05, 4.69) is 26.3 Å². The van der Waals surface area contributed by atoms with Crippen LogP contribution in [0.1, 0.15) is 23.6 Å². The van der Waals surface area contributed by atoms with Crippen LogP contribution in [0.5, 0.6) is 5.75 Å². The molecule has 10 heteroatoms. The molecule has 0 saturated heterocycles. The topological polar surface area (TPSA) is 81.5 Å². The molecule has 0 bridgehead atoms. The molecule has 1 aliphatic rings. The molecule has 1 N–H and O–H groups in total. The third-order valence-corrected chi connectivity index (χ3v) is 5.28. The maximum atomic E-state index is 13.2. The Balaban J connectivity index is 1.40. The Bertz CT molecular complexity index is 1220. The first-order valence-electron chi connectivity index (χ1n) is 9.67. The lowest BCUT2D eigenvalue weighted by molar-refractivity contribution is -0.140. The first kappa shape index (κ1) is 19.3. The zero-order valence-corrected chi connectivity index (χ0v) is 16.2. The molecule has 3 aromatic heterocycles. The lowest BCUT2D eigenvalue weighted by atomic mass is 9.93. The minimum absolute atomic E-state index is 0.263. The number of nitrogens with zero attached hydrogens (tertiary/aromatic N) is 5. The Labute approximate surface area is 174 Å². The molecule has 31 heavy (non-hydrogen) atoms. The second-order valence-corrected chi connectivity index (χ2v) is 7.29. The number of hydrogen-bond donors (Lipinski definition) is 1. The highest BCUT2D eigenvalue weighted by Crippen LogP contribution is 2.36. The predicted octanol–water partition coefficient (Wildman–Crippen LogP) is 4.32. The summed E-state index contributed by atoms with van der Waals surface area (Å²) in [6.45, 7) is 1.38. The van der Waals surface area contributed by atoms with Crippen molar-refractivity contribution in [2.24, 2.45) is 0 Å². The lowest BCUT2D eigenvalue weighted by Gasteiger charge is -2.26. The number of H-pyrrole nitrogens is 1. The first-order valence-corrected chi connectivity index (χ1v) is 9.67. The van der Waals surface area contributed by atoms with Crippen molar-refractivity contribution in [2.75, 3.05) is 6.61 Å². The van der Waals surface area contributed by atoms with Crippen LogP contribution in [0.3, 0.4) is 0 Å². The van der Waals surface area contributed by atoms with Gasteiger partial charge < -0.3 is 9.30 Å². The minimum Gasteiger partial charge on any atom is -0.493 e. The Morgan fingerprint density at radius 2 is 2.00 bits per heavy atom. The Morgan fingerprint density at radius 1 is 1.13 bits per heavy atom. The summed E-state index contributed by atoms with van der Waals surface area (Å²) < 4.78 is 47.2. The predicted molar refractivity (Wildman–Crippen MR) is 105 cm³/mol. The van der Waals surface area contributed by atoms with Crippen LogP contribution in [0, 0.1) is 0 Å². The Morgan fingerprint density at radius 3 is 2.87 bits per heavy atom. The van der Waals surface area contributed by atoms with Crippen LogP contribution >= 0.6 is 0 Å². The molecule has 1 aromatic carbocycles. The number of nitrogens with one attached hydrogen (secondary N) is 1. The Hall–Kier alpha value is -3.69. The average molecular weight is 426 g/mol. The minimum atomic E-state index is -4.58. The van der Waals surface area contributed by atoms with Crippen molar-refractivity contribution in [3.05, 3.63) is 66.4 Å². The van der Waals surface area contributed by atoms with Crippen LogP contribution in [0.4, 0.5) is 13.2 Å². The SMILES string of the molecule is FC(F)(F)c1[nH]nnc1-c1ccnc(-c2cn(C[C@@H]3CCOc4ccccc43)cn2)c1. The number of pyridine rings is 1. The number of halogens is 3. The molecule has 0 unspecified atom stereocenters. The molecule has 0 aliphatic carbocycles. The van der Waals surface area contributed by atoms with Gasteiger partial charge in [0.25, 0.3) is 0 Å². The molecule has 0 fully saturated rings. The maximum absolute atomic E-state index is 13.2. The number of rotatable bonds is 4. The summed E-state index contributed by atoms with van der Waals surface area (Å²) in [6, 6.07) is 11.0. The van der Waals surface area contributed by atoms with Gasteiger partial charge in [-0.15, -0.1) is 5.10 Å². The summed E-state index contributed by atoms with van der Waals surface area (Å²) in [6.07, 6.45) is 1.30. The number of aromatic nitrogens is 6. The molecule has 1 aliphatic heterocycles. The van der Waals surface area contributed by atoms with Crippen LogP contribution in [-0.2, 0) is 12.7 Å². The number of para-hydroxylation sites is 1. The smallest absolute Gasteiger partial charge is 0.435 e. The molecule has 0 radical (unpaired) electrons. The Kier molecular flexibility index (Phi) is 4.68. The van der Waals surface area contributed by atoms with E-state index in [4.69, 9.17) is 4.74 Å². The van der Waals surface area contributed by atoms with Crippen LogP contribution in [0.25, 0.3) is 22.6 Å². The van der Waals surface area contributed by atoms with Gasteiger partial charge in [0.1, 0.15) is 17.1 Å². The van der Waals surface area contributed by atoms with Gasteiger partial charge in [0.15, 0.2) is 5.69 Å². The van der Waals surface area contributed by atoms with E-state index in [-0.39, 0.29) is 17.2 Å². The van der Waals surface area contributed by atoms with E-state index in [1.165, 1.54) is 18.3 Å². The summed E-state index contributed by atoms with van der Waals surface area (Å²) >= 11 is 0. The highest BCUT2D eigenvalue weighted by molar-refractivity contribution is 5.67. The van der Waals surface area contributed by atoms with Gasteiger partial charge in [0, 0.05) is 30.4 Å². The van der Waals surface area contributed by atoms with Crippen LogP contribution in [0.2, 0.25) is 0 Å². The van der Waals surface area contributed by atoms with Gasteiger partial charge in [0.05, 0.1) is 18.6 Å². The van der Waals surface area contributed by atoms with Crippen molar-refractivity contribution in [2.45, 2.75) is 25.1 Å². The molecule has 4 aromatic rings. The monoisotopic (exact) mass is 426 g/mol. The number of benzene rings is 1. The highest BCUT2D eigenvalue weighted by atomic mass is 19.4. The number of hydrogen-bond acceptors (Lipinski definition) is 5. The number of aromatic amines is 1. The zero-order valence-electron chi connectivity index (χ0n) is 16.2. The van der Waals surface area contributed by atoms with Gasteiger partial charge in [-0.1, -0.05) is 23.4 Å². The van der Waals surface area contributed by atoms with Crippen LogP contribution in [0.15, 0.2) is 55.1 Å². The maximum Gasteiger partial charge on any atom is 0.435 e. The number of alkyl halides is 3. The fraction of sp³-hybridized carbons (Fsp3) is 0.238. The van der Waals surface area contributed by atoms with Crippen molar-refractivity contribution in [3.63, 3.8) is 0 Å². The van der Waals surface area contributed by atoms with Crippen molar-refractivity contribution in [1.29, 1.82) is 0 Å². The number of fused-ring (bicyclic) bond motifs is 1. The molecule has 7 nitrogen and oxygen atoms in total. The van der Waals surface area contributed by atoms with Gasteiger partial charge in [-0.05, 0) is 30.2 Å². The summed E-state index contributed by atoms with van der Waals surface area (Å²) in [4.78, 5) is 8.68. The van der Waals surface area contributed by atoms with Gasteiger partial charge in [0.2, 0.25) is 0 Å². The van der Waals surface area contributed by atoms with Gasteiger partial charge in [-0.25, -0.2) is 4.98 Å². The largest absolute Gasteiger partial charge is 0.493 e. The van der Waals surface area contributed by atoms with Crippen molar-refractivity contribution in [3.8, 4) is 28.4 Å². The summed E-state index contributed by atoms with van der Waals surface area (Å²) in [5.74, 6) is 1.19. The fourth-order valence-corrected chi connectivity index (χ4v) is 3.80. The first-order chi connectivity index (χ1) is 15.0. The van der Waals surface area contributed by atoms with Gasteiger partial charge in [-0.2, -0.15) is 13.2 Å². The molecule has 0 amide bonds. The van der Waals surface area contributed by atoms with E-state index >= 15 is 0 Å². The van der Waals surface area contributed by atoms with Gasteiger partial charge in [-0.3, -0.25) is 10.1 Å². The van der Waals surface area contributed by atoms with E-state index in [0.29, 0.717) is 24.5 Å². The molecule has 1 atom stereocenters. The molecule has 158 valence electrons. The van der Waals surface area contributed by atoms with E-state index in [0.717, 1.165) is 17.7 Å². The number of ether oxygens (including phenoxy) is 1. The quantitative estimate of drug-likeness (QED) is 0.526. The van der Waals surface area contributed by atoms with E-state index < -0.39 is 11.9 Å². The second kappa shape index (κ2) is 7.53. The van der Waals surface area contributed by atoms with E-state index in [9.17, 15) is 13.2 Å². The average Bonchev–Trinajstić information content (AvgIpc) is 3.44. The van der Waals surface area contributed by atoms with Crippen molar-refractivity contribution in [1.82, 2.24) is 29.9 Å². The third-order valence-electron chi connectivity index (χ3n) is 5.28. The molecule has 5 rings (SSSR count). The summed E-state index contributed by atoms with van der Waals surface area (Å²) in [5.41, 5.74) is 1.19. The summed E-state index contributed by atoms with van der Waals surface area (Å²) in [7, 11) is 0. The van der Waals surface area contributed by atoms with E-state index in [1.54, 1.807) is 6.33 Å². The third kappa shape index (κ3) is 3.76. The lowest BCUT2D eigenvalue weighted by Crippen LogP contribution is -2.18. The second-order valence-electron chi connectivity index (χ2n) is 7.29. The normalized spacial score (nSPS) is 16.0. The van der Waals surface area contributed by atoms with Gasteiger partial charge >= 0.3 is 6.18 Å². The zero-order chi connectivity index (χ0) is 21.4. The molecule has 4 heterocycles. The van der Waals surface area contributed by atoms with Crippen molar-refractivity contribution < 1.29 is 17.9 Å².